The van der Waals surface area contributed by atoms with Crippen LogP contribution >= 0.6 is 11.6 Å². The normalized spacial score (nSPS) is 11.2. The molecule has 0 aliphatic carbocycles. The SMILES string of the molecule is CCNC(=NCc1cccc(C(N)=O)c1)NCCc1cccc(Cl)c1. The van der Waals surface area contributed by atoms with Crippen LogP contribution in [-0.2, 0) is 13.0 Å². The molecule has 0 heterocycles. The molecule has 0 saturated carbocycles. The van der Waals surface area contributed by atoms with Gasteiger partial charge in [0.15, 0.2) is 5.96 Å². The number of nitrogens with zero attached hydrogens (tertiary/aromatic N) is 1. The van der Waals surface area contributed by atoms with E-state index in [-0.39, 0.29) is 0 Å². The van der Waals surface area contributed by atoms with Crippen molar-refractivity contribution in [2.75, 3.05) is 13.1 Å². The number of rotatable bonds is 7. The number of carbonyl (C=O) groups excluding carboxylic acids is 1. The minimum absolute atomic E-state index is 0.433. The molecule has 1 amide bonds. The molecule has 0 radical (unpaired) electrons. The van der Waals surface area contributed by atoms with E-state index >= 15 is 0 Å². The first-order chi connectivity index (χ1) is 12.1. The summed E-state index contributed by atoms with van der Waals surface area (Å²) < 4.78 is 0. The third kappa shape index (κ3) is 6.47. The third-order valence-electron chi connectivity index (χ3n) is 3.57. The number of halogens is 1. The zero-order valence-electron chi connectivity index (χ0n) is 14.3. The summed E-state index contributed by atoms with van der Waals surface area (Å²) in [4.78, 5) is 15.8. The Morgan fingerprint density at radius 2 is 1.88 bits per heavy atom. The van der Waals surface area contributed by atoms with Gasteiger partial charge in [0.2, 0.25) is 5.91 Å². The smallest absolute Gasteiger partial charge is 0.248 e. The second kappa shape index (κ2) is 9.69. The molecule has 0 fully saturated rings. The van der Waals surface area contributed by atoms with E-state index in [1.54, 1.807) is 12.1 Å². The quantitative estimate of drug-likeness (QED) is 0.526. The van der Waals surface area contributed by atoms with Crippen molar-refractivity contribution < 1.29 is 4.79 Å². The Labute approximate surface area is 153 Å². The lowest BCUT2D eigenvalue weighted by Crippen LogP contribution is -2.38. The number of aliphatic imine (C=N–C) groups is 1. The maximum absolute atomic E-state index is 11.2. The van der Waals surface area contributed by atoms with Crippen molar-refractivity contribution in [1.29, 1.82) is 0 Å². The molecular weight excluding hydrogens is 336 g/mol. The number of amides is 1. The minimum Gasteiger partial charge on any atom is -0.366 e. The van der Waals surface area contributed by atoms with Crippen LogP contribution in [0, 0.1) is 0 Å². The molecule has 0 unspecified atom stereocenters. The van der Waals surface area contributed by atoms with E-state index in [9.17, 15) is 4.79 Å². The first-order valence-corrected chi connectivity index (χ1v) is 8.61. The van der Waals surface area contributed by atoms with Crippen molar-refractivity contribution in [3.8, 4) is 0 Å². The van der Waals surface area contributed by atoms with Gasteiger partial charge in [-0.1, -0.05) is 35.9 Å². The summed E-state index contributed by atoms with van der Waals surface area (Å²) in [6.45, 7) is 3.99. The van der Waals surface area contributed by atoms with Crippen molar-refractivity contribution in [2.45, 2.75) is 19.9 Å². The minimum atomic E-state index is -0.433. The molecule has 2 aromatic rings. The van der Waals surface area contributed by atoms with Gasteiger partial charge in [-0.2, -0.15) is 0 Å². The molecule has 0 saturated heterocycles. The Kier molecular flexibility index (Phi) is 7.29. The molecule has 4 N–H and O–H groups in total. The van der Waals surface area contributed by atoms with Crippen LogP contribution in [0.1, 0.15) is 28.4 Å². The summed E-state index contributed by atoms with van der Waals surface area (Å²) in [6, 6.07) is 15.0. The number of carbonyl (C=O) groups is 1. The number of hydrogen-bond acceptors (Lipinski definition) is 2. The lowest BCUT2D eigenvalue weighted by atomic mass is 10.1. The Morgan fingerprint density at radius 1 is 1.12 bits per heavy atom. The molecule has 0 bridgehead atoms. The maximum atomic E-state index is 11.2. The molecule has 25 heavy (non-hydrogen) atoms. The third-order valence-corrected chi connectivity index (χ3v) is 3.81. The molecule has 132 valence electrons. The van der Waals surface area contributed by atoms with Gasteiger partial charge in [-0.3, -0.25) is 4.79 Å². The summed E-state index contributed by atoms with van der Waals surface area (Å²) >= 11 is 6.00. The topological polar surface area (TPSA) is 79.5 Å². The summed E-state index contributed by atoms with van der Waals surface area (Å²) in [5.41, 5.74) is 7.91. The number of guanidine groups is 1. The highest BCUT2D eigenvalue weighted by atomic mass is 35.5. The van der Waals surface area contributed by atoms with Gasteiger partial charge < -0.3 is 16.4 Å². The number of nitrogens with one attached hydrogen (secondary N) is 2. The predicted molar refractivity (Wildman–Crippen MR) is 103 cm³/mol. The van der Waals surface area contributed by atoms with Crippen LogP contribution in [0.3, 0.4) is 0 Å². The summed E-state index contributed by atoms with van der Waals surface area (Å²) in [6.07, 6.45) is 0.849. The van der Waals surface area contributed by atoms with Gasteiger partial charge in [0.1, 0.15) is 0 Å². The van der Waals surface area contributed by atoms with E-state index < -0.39 is 5.91 Å². The van der Waals surface area contributed by atoms with E-state index in [1.165, 1.54) is 5.56 Å². The second-order valence-corrected chi connectivity index (χ2v) is 6.00. The Balaban J connectivity index is 1.93. The van der Waals surface area contributed by atoms with Crippen molar-refractivity contribution in [3.05, 3.63) is 70.2 Å². The highest BCUT2D eigenvalue weighted by molar-refractivity contribution is 6.30. The van der Waals surface area contributed by atoms with Gasteiger partial charge in [0, 0.05) is 23.7 Å². The van der Waals surface area contributed by atoms with Crippen LogP contribution in [0.4, 0.5) is 0 Å². The van der Waals surface area contributed by atoms with Gasteiger partial charge in [0.05, 0.1) is 6.54 Å². The molecule has 0 atom stereocenters. The lowest BCUT2D eigenvalue weighted by molar-refractivity contribution is 0.1000. The van der Waals surface area contributed by atoms with Crippen molar-refractivity contribution >= 4 is 23.5 Å². The molecule has 5 nitrogen and oxygen atoms in total. The maximum Gasteiger partial charge on any atom is 0.248 e. The molecule has 2 aromatic carbocycles. The van der Waals surface area contributed by atoms with Crippen molar-refractivity contribution in [3.63, 3.8) is 0 Å². The largest absolute Gasteiger partial charge is 0.366 e. The molecule has 0 aliphatic rings. The Morgan fingerprint density at radius 3 is 2.60 bits per heavy atom. The molecule has 6 heteroatoms. The number of nitrogens with two attached hydrogens (primary N) is 1. The number of hydrogen-bond donors (Lipinski definition) is 3. The van der Waals surface area contributed by atoms with E-state index in [0.29, 0.717) is 12.1 Å². The van der Waals surface area contributed by atoms with Crippen molar-refractivity contribution in [2.24, 2.45) is 10.7 Å². The van der Waals surface area contributed by atoms with Crippen LogP contribution in [0.2, 0.25) is 5.02 Å². The fourth-order valence-corrected chi connectivity index (χ4v) is 2.57. The Bertz CT molecular complexity index is 746. The zero-order chi connectivity index (χ0) is 18.1. The highest BCUT2D eigenvalue weighted by Crippen LogP contribution is 2.10. The summed E-state index contributed by atoms with van der Waals surface area (Å²) in [5, 5.41) is 7.25. The Hall–Kier alpha value is -2.53. The van der Waals surface area contributed by atoms with Gasteiger partial charge in [0.25, 0.3) is 0 Å². The average molecular weight is 359 g/mol. The fourth-order valence-electron chi connectivity index (χ4n) is 2.35. The number of benzene rings is 2. The van der Waals surface area contributed by atoms with E-state index in [1.807, 2.05) is 43.3 Å². The van der Waals surface area contributed by atoms with E-state index in [4.69, 9.17) is 17.3 Å². The molecule has 2 rings (SSSR count). The first-order valence-electron chi connectivity index (χ1n) is 8.24. The van der Waals surface area contributed by atoms with Gasteiger partial charge in [-0.15, -0.1) is 0 Å². The number of primary amides is 1. The van der Waals surface area contributed by atoms with Gasteiger partial charge in [-0.05, 0) is 48.7 Å². The standard InChI is InChI=1S/C19H23ClN4O/c1-2-22-19(23-10-9-14-5-4-8-17(20)12-14)24-13-15-6-3-7-16(11-15)18(21)25/h3-8,11-12H,2,9-10,13H2,1H3,(H2,21,25)(H2,22,23,24). The lowest BCUT2D eigenvalue weighted by Gasteiger charge is -2.11. The predicted octanol–water partition coefficient (Wildman–Crippen LogP) is 2.74. The first kappa shape index (κ1) is 18.8. The molecule has 0 aliphatic heterocycles. The van der Waals surface area contributed by atoms with E-state index in [2.05, 4.69) is 15.6 Å². The highest BCUT2D eigenvalue weighted by Gasteiger charge is 2.02. The van der Waals surface area contributed by atoms with E-state index in [0.717, 1.165) is 36.1 Å². The van der Waals surface area contributed by atoms with Gasteiger partial charge >= 0.3 is 0 Å². The molecule has 0 spiro atoms. The fraction of sp³-hybridized carbons (Fsp3) is 0.263. The summed E-state index contributed by atoms with van der Waals surface area (Å²) in [5.74, 6) is 0.298. The van der Waals surface area contributed by atoms with Crippen molar-refractivity contribution in [1.82, 2.24) is 10.6 Å². The summed E-state index contributed by atoms with van der Waals surface area (Å²) in [7, 11) is 0. The zero-order valence-corrected chi connectivity index (χ0v) is 15.0. The monoisotopic (exact) mass is 358 g/mol. The second-order valence-electron chi connectivity index (χ2n) is 5.57. The average Bonchev–Trinajstić information content (AvgIpc) is 2.60. The van der Waals surface area contributed by atoms with Crippen LogP contribution in [0.25, 0.3) is 0 Å². The van der Waals surface area contributed by atoms with Crippen LogP contribution < -0.4 is 16.4 Å². The van der Waals surface area contributed by atoms with Crippen LogP contribution in [-0.4, -0.2) is 25.0 Å². The van der Waals surface area contributed by atoms with Crippen LogP contribution in [0.5, 0.6) is 0 Å². The molecule has 0 aromatic heterocycles. The van der Waals surface area contributed by atoms with Gasteiger partial charge in [-0.25, -0.2) is 4.99 Å². The molecular formula is C19H23ClN4O. The van der Waals surface area contributed by atoms with Crippen LogP contribution in [0.15, 0.2) is 53.5 Å².